The molecule has 3 aromatic carbocycles. The number of esters is 1. The predicted octanol–water partition coefficient (Wildman–Crippen LogP) is 8.75. The summed E-state index contributed by atoms with van der Waals surface area (Å²) in [6.45, 7) is 12.5. The number of nitrogens with zero attached hydrogens (tertiary/aromatic N) is 1. The summed E-state index contributed by atoms with van der Waals surface area (Å²) in [5.41, 5.74) is 2.64. The van der Waals surface area contributed by atoms with Gasteiger partial charge in [0.15, 0.2) is 0 Å². The number of carbonyl (C=O) groups is 2. The molecule has 0 saturated carbocycles. The Morgan fingerprint density at radius 1 is 0.950 bits per heavy atom. The van der Waals surface area contributed by atoms with Crippen molar-refractivity contribution in [1.29, 1.82) is 0 Å². The van der Waals surface area contributed by atoms with Gasteiger partial charge in [0.2, 0.25) is 0 Å². The molecule has 0 N–H and O–H groups in total. The SMILES string of the molecule is CCOC(=O)CCc1ccc([C@@H](CC)CCCN(C(=O)OC(C)(C)C)[C@H](C)c2ccc(F)c3ccccc23)cc1. The van der Waals surface area contributed by atoms with Gasteiger partial charge in [-0.3, -0.25) is 4.79 Å². The number of aryl methyl sites for hydroxylation is 1. The molecule has 0 aliphatic heterocycles. The smallest absolute Gasteiger partial charge is 0.410 e. The van der Waals surface area contributed by atoms with Crippen LogP contribution >= 0.6 is 0 Å². The minimum Gasteiger partial charge on any atom is -0.466 e. The van der Waals surface area contributed by atoms with Crippen molar-refractivity contribution >= 4 is 22.8 Å². The molecule has 3 rings (SSSR count). The van der Waals surface area contributed by atoms with Gasteiger partial charge in [-0.1, -0.05) is 61.5 Å². The standard InChI is InChI=1S/C34H44FNO4/c1-7-26(27-18-15-25(16-19-27)17-22-32(37)39-8-2)12-11-23-36(33(38)40-34(4,5)6)24(3)28-20-21-31(35)30-14-10-9-13-29(28)30/h9-10,13-16,18-21,24,26H,7-8,11-12,17,22-23H2,1-6H3/t24-,26+/m1/s1. The Bertz CT molecular complexity index is 1270. The van der Waals surface area contributed by atoms with Gasteiger partial charge >= 0.3 is 12.1 Å². The lowest BCUT2D eigenvalue weighted by atomic mass is 9.90. The van der Waals surface area contributed by atoms with E-state index in [4.69, 9.17) is 9.47 Å². The average molecular weight is 550 g/mol. The Hall–Kier alpha value is -3.41. The first kappa shape index (κ1) is 31.1. The second-order valence-electron chi connectivity index (χ2n) is 11.3. The monoisotopic (exact) mass is 549 g/mol. The molecule has 0 aliphatic rings. The van der Waals surface area contributed by atoms with Crippen molar-refractivity contribution < 1.29 is 23.5 Å². The number of rotatable bonds is 12. The summed E-state index contributed by atoms with van der Waals surface area (Å²) < 4.78 is 25.3. The van der Waals surface area contributed by atoms with Crippen molar-refractivity contribution in [3.8, 4) is 0 Å². The molecule has 2 atom stereocenters. The Morgan fingerprint density at radius 3 is 2.25 bits per heavy atom. The number of fused-ring (bicyclic) bond motifs is 1. The van der Waals surface area contributed by atoms with E-state index in [0.717, 1.165) is 35.8 Å². The van der Waals surface area contributed by atoms with Crippen molar-refractivity contribution in [3.63, 3.8) is 0 Å². The second kappa shape index (κ2) is 14.3. The lowest BCUT2D eigenvalue weighted by Crippen LogP contribution is -2.39. The van der Waals surface area contributed by atoms with Crippen LogP contribution in [0.1, 0.15) is 95.9 Å². The van der Waals surface area contributed by atoms with Crippen LogP contribution in [0.5, 0.6) is 0 Å². The Kier molecular flexibility index (Phi) is 11.1. The van der Waals surface area contributed by atoms with Crippen LogP contribution in [0, 0.1) is 5.82 Å². The number of carbonyl (C=O) groups excluding carboxylic acids is 2. The van der Waals surface area contributed by atoms with Crippen molar-refractivity contribution in [1.82, 2.24) is 4.90 Å². The Balaban J connectivity index is 1.73. The zero-order valence-corrected chi connectivity index (χ0v) is 24.8. The number of hydrogen-bond donors (Lipinski definition) is 0. The molecule has 0 fully saturated rings. The lowest BCUT2D eigenvalue weighted by molar-refractivity contribution is -0.143. The lowest BCUT2D eigenvalue weighted by Gasteiger charge is -2.33. The highest BCUT2D eigenvalue weighted by atomic mass is 19.1. The molecule has 0 aromatic heterocycles. The topological polar surface area (TPSA) is 55.8 Å². The molecule has 1 amide bonds. The molecule has 0 radical (unpaired) electrons. The van der Waals surface area contributed by atoms with Crippen LogP contribution in [0.15, 0.2) is 60.7 Å². The highest BCUT2D eigenvalue weighted by molar-refractivity contribution is 5.87. The zero-order valence-electron chi connectivity index (χ0n) is 24.8. The number of benzene rings is 3. The van der Waals surface area contributed by atoms with Gasteiger partial charge < -0.3 is 14.4 Å². The van der Waals surface area contributed by atoms with Crippen molar-refractivity contribution in [2.24, 2.45) is 0 Å². The summed E-state index contributed by atoms with van der Waals surface area (Å²) in [5.74, 6) is -0.0926. The van der Waals surface area contributed by atoms with E-state index in [1.54, 1.807) is 17.0 Å². The van der Waals surface area contributed by atoms with Crippen molar-refractivity contribution in [2.75, 3.05) is 13.2 Å². The molecule has 0 spiro atoms. The number of amides is 1. The third-order valence-corrected chi connectivity index (χ3v) is 7.27. The van der Waals surface area contributed by atoms with Gasteiger partial charge in [0.25, 0.3) is 0 Å². The molecule has 216 valence electrons. The maximum atomic E-state index is 14.5. The van der Waals surface area contributed by atoms with E-state index >= 15 is 0 Å². The van der Waals surface area contributed by atoms with E-state index in [0.29, 0.717) is 37.3 Å². The third-order valence-electron chi connectivity index (χ3n) is 7.27. The highest BCUT2D eigenvalue weighted by Crippen LogP contribution is 2.32. The summed E-state index contributed by atoms with van der Waals surface area (Å²) in [4.78, 5) is 26.8. The van der Waals surface area contributed by atoms with Gasteiger partial charge in [-0.15, -0.1) is 0 Å². The quantitative estimate of drug-likeness (QED) is 0.212. The van der Waals surface area contributed by atoms with Crippen LogP contribution in [-0.4, -0.2) is 35.7 Å². The fourth-order valence-electron chi connectivity index (χ4n) is 5.13. The average Bonchev–Trinajstić information content (AvgIpc) is 2.92. The van der Waals surface area contributed by atoms with Crippen LogP contribution in [0.25, 0.3) is 10.8 Å². The Labute approximate surface area is 238 Å². The van der Waals surface area contributed by atoms with Gasteiger partial charge in [-0.2, -0.15) is 0 Å². The van der Waals surface area contributed by atoms with Crippen molar-refractivity contribution in [3.05, 3.63) is 83.2 Å². The van der Waals surface area contributed by atoms with E-state index in [1.807, 2.05) is 52.8 Å². The summed E-state index contributed by atoms with van der Waals surface area (Å²) in [5, 5.41) is 1.35. The molecular formula is C34H44FNO4. The van der Waals surface area contributed by atoms with Gasteiger partial charge in [0, 0.05) is 18.4 Å². The third kappa shape index (κ3) is 8.54. The maximum absolute atomic E-state index is 14.5. The normalized spacial score (nSPS) is 13.1. The summed E-state index contributed by atoms with van der Waals surface area (Å²) in [7, 11) is 0. The zero-order chi connectivity index (χ0) is 29.3. The second-order valence-corrected chi connectivity index (χ2v) is 11.3. The van der Waals surface area contributed by atoms with Crippen molar-refractivity contribution in [2.45, 2.75) is 91.2 Å². The maximum Gasteiger partial charge on any atom is 0.410 e. The van der Waals surface area contributed by atoms with E-state index < -0.39 is 5.60 Å². The summed E-state index contributed by atoms with van der Waals surface area (Å²) >= 11 is 0. The van der Waals surface area contributed by atoms with Crippen LogP contribution < -0.4 is 0 Å². The fraction of sp³-hybridized carbons (Fsp3) is 0.471. The molecular weight excluding hydrogens is 505 g/mol. The van der Waals surface area contributed by atoms with Crippen LogP contribution in [0.4, 0.5) is 9.18 Å². The first-order valence-corrected chi connectivity index (χ1v) is 14.4. The van der Waals surface area contributed by atoms with E-state index in [1.165, 1.54) is 11.6 Å². The number of halogens is 1. The summed E-state index contributed by atoms with van der Waals surface area (Å²) in [6, 6.07) is 18.8. The van der Waals surface area contributed by atoms with E-state index in [2.05, 4.69) is 31.2 Å². The number of ether oxygens (including phenoxy) is 2. The molecule has 5 nitrogen and oxygen atoms in total. The molecule has 0 heterocycles. The largest absolute Gasteiger partial charge is 0.466 e. The molecule has 0 saturated heterocycles. The number of hydrogen-bond acceptors (Lipinski definition) is 4. The van der Waals surface area contributed by atoms with Gasteiger partial charge in [-0.25, -0.2) is 9.18 Å². The van der Waals surface area contributed by atoms with E-state index in [9.17, 15) is 14.0 Å². The van der Waals surface area contributed by atoms with Crippen LogP contribution in [0.2, 0.25) is 0 Å². The van der Waals surface area contributed by atoms with Crippen LogP contribution in [-0.2, 0) is 20.7 Å². The summed E-state index contributed by atoms with van der Waals surface area (Å²) in [6.07, 6.45) is 3.36. The molecule has 0 aliphatic carbocycles. The van der Waals surface area contributed by atoms with Gasteiger partial charge in [0.1, 0.15) is 11.4 Å². The first-order chi connectivity index (χ1) is 19.0. The fourth-order valence-corrected chi connectivity index (χ4v) is 5.13. The first-order valence-electron chi connectivity index (χ1n) is 14.4. The van der Waals surface area contributed by atoms with Gasteiger partial charge in [-0.05, 0) is 94.4 Å². The van der Waals surface area contributed by atoms with Crippen LogP contribution in [0.3, 0.4) is 0 Å². The minimum absolute atomic E-state index is 0.171. The molecule has 40 heavy (non-hydrogen) atoms. The molecule has 0 bridgehead atoms. The highest BCUT2D eigenvalue weighted by Gasteiger charge is 2.28. The Morgan fingerprint density at radius 2 is 1.62 bits per heavy atom. The predicted molar refractivity (Wildman–Crippen MR) is 159 cm³/mol. The van der Waals surface area contributed by atoms with Gasteiger partial charge in [0.05, 0.1) is 12.6 Å². The minimum atomic E-state index is -0.624. The van der Waals surface area contributed by atoms with E-state index in [-0.39, 0.29) is 23.9 Å². The molecule has 0 unspecified atom stereocenters. The molecule has 6 heteroatoms. The molecule has 3 aromatic rings.